The highest BCUT2D eigenvalue weighted by Crippen LogP contribution is 2.15. The molecule has 1 fully saturated rings. The van der Waals surface area contributed by atoms with Gasteiger partial charge in [0.1, 0.15) is 0 Å². The third-order valence-electron chi connectivity index (χ3n) is 3.83. The van der Waals surface area contributed by atoms with Crippen molar-refractivity contribution in [2.24, 2.45) is 0 Å². The third-order valence-corrected chi connectivity index (χ3v) is 3.83. The first kappa shape index (κ1) is 15.9. The summed E-state index contributed by atoms with van der Waals surface area (Å²) in [5, 5.41) is 12.6. The Balaban J connectivity index is 2.23. The Morgan fingerprint density at radius 3 is 2.22 bits per heavy atom. The molecule has 4 nitrogen and oxygen atoms in total. The van der Waals surface area contributed by atoms with E-state index in [0.717, 1.165) is 45.7 Å². The number of piperazine rings is 1. The van der Waals surface area contributed by atoms with E-state index >= 15 is 0 Å². The van der Waals surface area contributed by atoms with Crippen LogP contribution < -0.4 is 5.32 Å². The van der Waals surface area contributed by atoms with E-state index in [1.807, 2.05) is 0 Å². The van der Waals surface area contributed by atoms with Crippen LogP contribution in [0.3, 0.4) is 0 Å². The minimum Gasteiger partial charge on any atom is -0.395 e. The summed E-state index contributed by atoms with van der Waals surface area (Å²) in [7, 11) is 0. The van der Waals surface area contributed by atoms with Crippen molar-refractivity contribution in [3.63, 3.8) is 0 Å². The van der Waals surface area contributed by atoms with E-state index < -0.39 is 0 Å². The van der Waals surface area contributed by atoms with Crippen molar-refractivity contribution in [3.05, 3.63) is 0 Å². The molecule has 18 heavy (non-hydrogen) atoms. The topological polar surface area (TPSA) is 38.7 Å². The maximum Gasteiger partial charge on any atom is 0.0585 e. The van der Waals surface area contributed by atoms with Crippen molar-refractivity contribution in [3.8, 4) is 0 Å². The fourth-order valence-electron chi connectivity index (χ4n) is 2.53. The lowest BCUT2D eigenvalue weighted by molar-refractivity contribution is 0.0595. The van der Waals surface area contributed by atoms with Crippen LogP contribution in [0.2, 0.25) is 0 Å². The van der Waals surface area contributed by atoms with Crippen molar-refractivity contribution in [1.82, 2.24) is 15.1 Å². The van der Waals surface area contributed by atoms with Crippen molar-refractivity contribution < 1.29 is 5.11 Å². The fourth-order valence-corrected chi connectivity index (χ4v) is 2.53. The Morgan fingerprint density at radius 1 is 1.17 bits per heavy atom. The van der Waals surface area contributed by atoms with Crippen LogP contribution >= 0.6 is 0 Å². The van der Waals surface area contributed by atoms with Crippen LogP contribution in [0.4, 0.5) is 0 Å². The molecule has 108 valence electrons. The number of hydrogen-bond donors (Lipinski definition) is 2. The number of aliphatic hydroxyl groups excluding tert-OH is 1. The smallest absolute Gasteiger partial charge is 0.0585 e. The first-order valence-electron chi connectivity index (χ1n) is 7.29. The molecule has 1 aliphatic heterocycles. The van der Waals surface area contributed by atoms with E-state index in [1.165, 1.54) is 0 Å². The molecule has 1 atom stereocenters. The summed E-state index contributed by atoms with van der Waals surface area (Å²) in [6, 6.07) is 0.260. The number of likely N-dealkylation sites (N-methyl/N-ethyl adjacent to an activating group) is 1. The number of nitrogens with zero attached hydrogens (tertiary/aromatic N) is 2. The van der Waals surface area contributed by atoms with E-state index in [1.54, 1.807) is 0 Å². The van der Waals surface area contributed by atoms with E-state index in [2.05, 4.69) is 42.8 Å². The number of nitrogens with one attached hydrogen (secondary N) is 1. The summed E-state index contributed by atoms with van der Waals surface area (Å²) in [4.78, 5) is 5.07. The van der Waals surface area contributed by atoms with Gasteiger partial charge in [-0.05, 0) is 40.3 Å². The first-order valence-corrected chi connectivity index (χ1v) is 7.29. The lowest BCUT2D eigenvalue weighted by Crippen LogP contribution is -2.53. The Hall–Kier alpha value is -0.160. The highest BCUT2D eigenvalue weighted by Gasteiger charge is 2.25. The second-order valence-electron chi connectivity index (χ2n) is 6.23. The number of rotatable bonds is 6. The molecule has 0 aromatic carbocycles. The van der Waals surface area contributed by atoms with Gasteiger partial charge < -0.3 is 15.3 Å². The van der Waals surface area contributed by atoms with E-state index in [4.69, 9.17) is 0 Å². The Labute approximate surface area is 112 Å². The predicted molar refractivity (Wildman–Crippen MR) is 76.9 cm³/mol. The lowest BCUT2D eigenvalue weighted by Gasteiger charge is -2.42. The summed E-state index contributed by atoms with van der Waals surface area (Å²) >= 11 is 0. The molecule has 1 heterocycles. The van der Waals surface area contributed by atoms with Gasteiger partial charge in [0.15, 0.2) is 0 Å². The predicted octanol–water partition coefficient (Wildman–Crippen LogP) is 0.763. The van der Waals surface area contributed by atoms with Crippen molar-refractivity contribution in [2.75, 3.05) is 45.9 Å². The number of hydrogen-bond acceptors (Lipinski definition) is 4. The molecule has 0 radical (unpaired) electrons. The minimum absolute atomic E-state index is 0.246. The average Bonchev–Trinajstić information content (AvgIpc) is 2.34. The van der Waals surface area contributed by atoms with Gasteiger partial charge in [0, 0.05) is 37.8 Å². The first-order chi connectivity index (χ1) is 8.47. The molecule has 0 saturated carbocycles. The quantitative estimate of drug-likeness (QED) is 0.737. The minimum atomic E-state index is 0.246. The largest absolute Gasteiger partial charge is 0.395 e. The van der Waals surface area contributed by atoms with Gasteiger partial charge in [-0.1, -0.05) is 6.92 Å². The van der Waals surface area contributed by atoms with Gasteiger partial charge in [0.25, 0.3) is 0 Å². The molecule has 2 N–H and O–H groups in total. The van der Waals surface area contributed by atoms with Crippen LogP contribution in [0, 0.1) is 0 Å². The molecule has 0 spiro atoms. The Kier molecular flexibility index (Phi) is 6.57. The zero-order valence-electron chi connectivity index (χ0n) is 12.6. The van der Waals surface area contributed by atoms with Crippen LogP contribution in [0.15, 0.2) is 0 Å². The Bertz CT molecular complexity index is 220. The highest BCUT2D eigenvalue weighted by atomic mass is 16.3. The maximum absolute atomic E-state index is 9.25. The van der Waals surface area contributed by atoms with Crippen LogP contribution in [-0.4, -0.2) is 72.4 Å². The molecular formula is C14H31N3O. The average molecular weight is 257 g/mol. The fraction of sp³-hybridized carbons (Fsp3) is 1.00. The summed E-state index contributed by atoms with van der Waals surface area (Å²) in [5.41, 5.74) is 0.295. The van der Waals surface area contributed by atoms with Gasteiger partial charge in [-0.15, -0.1) is 0 Å². The highest BCUT2D eigenvalue weighted by molar-refractivity contribution is 4.82. The SMILES string of the molecule is CCNC(CO)CCN1CCN(C(C)(C)C)CC1. The summed E-state index contributed by atoms with van der Waals surface area (Å²) < 4.78 is 0. The molecule has 4 heteroatoms. The Morgan fingerprint density at radius 2 is 1.78 bits per heavy atom. The van der Waals surface area contributed by atoms with Crippen LogP contribution in [-0.2, 0) is 0 Å². The van der Waals surface area contributed by atoms with Crippen LogP contribution in [0.5, 0.6) is 0 Å². The maximum atomic E-state index is 9.25. The monoisotopic (exact) mass is 257 g/mol. The third kappa shape index (κ3) is 5.22. The lowest BCUT2D eigenvalue weighted by atomic mass is 10.0. The zero-order chi connectivity index (χ0) is 13.6. The molecule has 0 aromatic heterocycles. The summed E-state index contributed by atoms with van der Waals surface area (Å²) in [6.07, 6.45) is 1.04. The molecule has 1 rings (SSSR count). The van der Waals surface area contributed by atoms with Crippen molar-refractivity contribution >= 4 is 0 Å². The molecule has 1 saturated heterocycles. The molecular weight excluding hydrogens is 226 g/mol. The standard InChI is InChI=1S/C14H31N3O/c1-5-15-13(12-18)6-7-16-8-10-17(11-9-16)14(2,3)4/h13,15,18H,5-12H2,1-4H3. The molecule has 1 unspecified atom stereocenters. The molecule has 0 amide bonds. The van der Waals surface area contributed by atoms with E-state index in [9.17, 15) is 5.11 Å². The zero-order valence-corrected chi connectivity index (χ0v) is 12.6. The van der Waals surface area contributed by atoms with E-state index in [-0.39, 0.29) is 12.6 Å². The van der Waals surface area contributed by atoms with Crippen LogP contribution in [0.1, 0.15) is 34.1 Å². The molecule has 0 aromatic rings. The molecule has 0 aliphatic carbocycles. The number of aliphatic hydroxyl groups is 1. The van der Waals surface area contributed by atoms with E-state index in [0.29, 0.717) is 5.54 Å². The van der Waals surface area contributed by atoms with Gasteiger partial charge in [-0.3, -0.25) is 4.90 Å². The summed E-state index contributed by atoms with van der Waals surface area (Å²) in [6.45, 7) is 15.9. The van der Waals surface area contributed by atoms with Gasteiger partial charge in [0.2, 0.25) is 0 Å². The van der Waals surface area contributed by atoms with Gasteiger partial charge >= 0.3 is 0 Å². The second-order valence-corrected chi connectivity index (χ2v) is 6.23. The second kappa shape index (κ2) is 7.43. The van der Waals surface area contributed by atoms with Gasteiger partial charge in [-0.2, -0.15) is 0 Å². The van der Waals surface area contributed by atoms with Crippen molar-refractivity contribution in [2.45, 2.75) is 45.7 Å². The van der Waals surface area contributed by atoms with Crippen LogP contribution in [0.25, 0.3) is 0 Å². The molecule has 1 aliphatic rings. The summed E-state index contributed by atoms with van der Waals surface area (Å²) in [5.74, 6) is 0. The van der Waals surface area contributed by atoms with Gasteiger partial charge in [0.05, 0.1) is 6.61 Å². The normalized spacial score (nSPS) is 21.2. The van der Waals surface area contributed by atoms with Crippen molar-refractivity contribution in [1.29, 1.82) is 0 Å². The molecule has 0 bridgehead atoms. The van der Waals surface area contributed by atoms with Gasteiger partial charge in [-0.25, -0.2) is 0 Å².